The molecule has 32 heavy (non-hydrogen) atoms. The highest BCUT2D eigenvalue weighted by molar-refractivity contribution is 6.01. The quantitative estimate of drug-likeness (QED) is 0.237. The van der Waals surface area contributed by atoms with Gasteiger partial charge in [-0.2, -0.15) is 18.3 Å². The summed E-state index contributed by atoms with van der Waals surface area (Å²) >= 11 is 0. The standard InChI is InChI=1S/C16H21N5O4.C2HF3O2/c1-10(8-14(22)23)19-16(25)20-13-6-7-21(15(13)24)12-4-2-11(3-5-12)9-18-17;3-2(4,5)1(6)7/h2-5,9-10,13H,6-8,17H2,1H3,(H,22,23)(H2,19,20,25);(H,6,7)/t10-,13?;/m1./s1. The zero-order valence-corrected chi connectivity index (χ0v) is 16.8. The van der Waals surface area contributed by atoms with Crippen LogP contribution in [0, 0.1) is 0 Å². The summed E-state index contributed by atoms with van der Waals surface area (Å²) in [5.41, 5.74) is 1.54. The van der Waals surface area contributed by atoms with E-state index in [1.54, 1.807) is 36.1 Å². The van der Waals surface area contributed by atoms with E-state index in [0.29, 0.717) is 13.0 Å². The molecule has 1 aromatic rings. The molecular weight excluding hydrogens is 439 g/mol. The van der Waals surface area contributed by atoms with Crippen molar-refractivity contribution in [2.45, 2.75) is 38.0 Å². The lowest BCUT2D eigenvalue weighted by Crippen LogP contribution is -2.48. The molecule has 1 saturated heterocycles. The van der Waals surface area contributed by atoms with Crippen molar-refractivity contribution in [3.63, 3.8) is 0 Å². The lowest BCUT2D eigenvalue weighted by Gasteiger charge is -2.18. The lowest BCUT2D eigenvalue weighted by atomic mass is 10.2. The van der Waals surface area contributed by atoms with Crippen LogP contribution in [0.3, 0.4) is 0 Å². The van der Waals surface area contributed by atoms with Gasteiger partial charge in [-0.05, 0) is 31.0 Å². The van der Waals surface area contributed by atoms with E-state index < -0.39 is 36.2 Å². The minimum absolute atomic E-state index is 0.184. The van der Waals surface area contributed by atoms with Crippen LogP contribution in [0.5, 0.6) is 0 Å². The largest absolute Gasteiger partial charge is 0.490 e. The molecular formula is C18H22F3N5O6. The molecule has 1 aliphatic heterocycles. The van der Waals surface area contributed by atoms with Gasteiger partial charge in [0.15, 0.2) is 0 Å². The van der Waals surface area contributed by atoms with Gasteiger partial charge in [-0.25, -0.2) is 9.59 Å². The molecule has 14 heteroatoms. The number of urea groups is 1. The van der Waals surface area contributed by atoms with Crippen LogP contribution in [0.2, 0.25) is 0 Å². The lowest BCUT2D eigenvalue weighted by molar-refractivity contribution is -0.192. The minimum Gasteiger partial charge on any atom is -0.481 e. The number of halogens is 3. The maximum absolute atomic E-state index is 12.5. The predicted molar refractivity (Wildman–Crippen MR) is 106 cm³/mol. The molecule has 1 aromatic carbocycles. The number of aliphatic carboxylic acids is 2. The Morgan fingerprint density at radius 3 is 2.31 bits per heavy atom. The average Bonchev–Trinajstić information content (AvgIpc) is 3.02. The third-order valence-electron chi connectivity index (χ3n) is 4.04. The molecule has 0 aromatic heterocycles. The molecule has 1 aliphatic rings. The number of amides is 3. The van der Waals surface area contributed by atoms with E-state index in [1.807, 2.05) is 0 Å². The maximum Gasteiger partial charge on any atom is 0.490 e. The fourth-order valence-corrected chi connectivity index (χ4v) is 2.63. The first kappa shape index (κ1) is 26.2. The summed E-state index contributed by atoms with van der Waals surface area (Å²) in [6, 6.07) is 5.44. The van der Waals surface area contributed by atoms with Gasteiger partial charge in [0.2, 0.25) is 5.91 Å². The monoisotopic (exact) mass is 461 g/mol. The molecule has 0 spiro atoms. The van der Waals surface area contributed by atoms with Gasteiger partial charge in [0.25, 0.3) is 0 Å². The number of benzene rings is 1. The Hall–Kier alpha value is -3.84. The van der Waals surface area contributed by atoms with Crippen molar-refractivity contribution >= 4 is 35.8 Å². The van der Waals surface area contributed by atoms with Gasteiger partial charge in [0.05, 0.1) is 12.6 Å². The number of hydrogen-bond acceptors (Lipinski definition) is 6. The zero-order chi connectivity index (χ0) is 24.5. The summed E-state index contributed by atoms with van der Waals surface area (Å²) in [6.07, 6.45) is -3.29. The Bertz CT molecular complexity index is 860. The molecule has 1 heterocycles. The van der Waals surface area contributed by atoms with Gasteiger partial charge in [-0.3, -0.25) is 9.59 Å². The number of carboxylic acids is 2. The van der Waals surface area contributed by atoms with Gasteiger partial charge >= 0.3 is 24.1 Å². The highest BCUT2D eigenvalue weighted by atomic mass is 19.4. The molecule has 0 saturated carbocycles. The van der Waals surface area contributed by atoms with Crippen molar-refractivity contribution < 1.29 is 42.6 Å². The smallest absolute Gasteiger partial charge is 0.481 e. The Morgan fingerprint density at radius 1 is 1.28 bits per heavy atom. The number of carbonyl (C=O) groups is 4. The summed E-state index contributed by atoms with van der Waals surface area (Å²) in [5, 5.41) is 24.4. The van der Waals surface area contributed by atoms with Crippen molar-refractivity contribution in [3.8, 4) is 0 Å². The molecule has 2 atom stereocenters. The van der Waals surface area contributed by atoms with Crippen LogP contribution >= 0.6 is 0 Å². The number of rotatable bonds is 6. The van der Waals surface area contributed by atoms with Crippen LogP contribution in [0.4, 0.5) is 23.7 Å². The van der Waals surface area contributed by atoms with Gasteiger partial charge in [0, 0.05) is 18.3 Å². The Balaban J connectivity index is 0.000000633. The fraction of sp³-hybridized carbons (Fsp3) is 0.389. The average molecular weight is 461 g/mol. The summed E-state index contributed by atoms with van der Waals surface area (Å²) in [6.45, 7) is 2.07. The van der Waals surface area contributed by atoms with Crippen LogP contribution in [-0.2, 0) is 14.4 Å². The number of alkyl halides is 3. The van der Waals surface area contributed by atoms with Crippen molar-refractivity contribution in [1.29, 1.82) is 0 Å². The Labute approximate surface area is 180 Å². The number of nitrogens with two attached hydrogens (primary N) is 1. The number of hydrogen-bond donors (Lipinski definition) is 5. The molecule has 6 N–H and O–H groups in total. The number of nitrogens with zero attached hydrogens (tertiary/aromatic N) is 2. The van der Waals surface area contributed by atoms with E-state index >= 15 is 0 Å². The predicted octanol–water partition coefficient (Wildman–Crippen LogP) is 0.880. The summed E-state index contributed by atoms with van der Waals surface area (Å²) < 4.78 is 31.7. The van der Waals surface area contributed by atoms with E-state index in [9.17, 15) is 27.6 Å². The molecule has 0 bridgehead atoms. The summed E-state index contributed by atoms with van der Waals surface area (Å²) in [7, 11) is 0. The van der Waals surface area contributed by atoms with Crippen LogP contribution < -0.4 is 21.4 Å². The number of anilines is 1. The molecule has 0 aliphatic carbocycles. The Kier molecular flexibility index (Phi) is 9.43. The van der Waals surface area contributed by atoms with Crippen LogP contribution in [0.25, 0.3) is 0 Å². The van der Waals surface area contributed by atoms with Gasteiger partial charge in [0.1, 0.15) is 6.04 Å². The molecule has 1 unspecified atom stereocenters. The molecule has 2 rings (SSSR count). The molecule has 0 radical (unpaired) electrons. The third kappa shape index (κ3) is 8.49. The highest BCUT2D eigenvalue weighted by Gasteiger charge is 2.38. The minimum atomic E-state index is -5.08. The van der Waals surface area contributed by atoms with Crippen LogP contribution in [0.15, 0.2) is 29.4 Å². The number of carbonyl (C=O) groups excluding carboxylic acids is 2. The van der Waals surface area contributed by atoms with Crippen molar-refractivity contribution in [1.82, 2.24) is 10.6 Å². The first-order valence-electron chi connectivity index (χ1n) is 9.08. The van der Waals surface area contributed by atoms with Gasteiger partial charge in [-0.15, -0.1) is 0 Å². The molecule has 3 amide bonds. The summed E-state index contributed by atoms with van der Waals surface area (Å²) in [4.78, 5) is 45.4. The normalized spacial score (nSPS) is 16.8. The molecule has 176 valence electrons. The third-order valence-corrected chi connectivity index (χ3v) is 4.04. The SMILES string of the molecule is C[C@H](CC(=O)O)NC(=O)NC1CCN(c2ccc(C=NN)cc2)C1=O.O=C(O)C(F)(F)F. The van der Waals surface area contributed by atoms with E-state index in [4.69, 9.17) is 20.9 Å². The first-order valence-corrected chi connectivity index (χ1v) is 9.08. The highest BCUT2D eigenvalue weighted by Crippen LogP contribution is 2.22. The van der Waals surface area contributed by atoms with E-state index in [2.05, 4.69) is 15.7 Å². The van der Waals surface area contributed by atoms with Crippen molar-refractivity contribution in [2.24, 2.45) is 10.9 Å². The number of carboxylic acid groups (broad SMARTS) is 2. The fourth-order valence-electron chi connectivity index (χ4n) is 2.63. The van der Waals surface area contributed by atoms with Gasteiger partial charge < -0.3 is 31.6 Å². The zero-order valence-electron chi connectivity index (χ0n) is 16.8. The second-order valence-corrected chi connectivity index (χ2v) is 6.62. The topological polar surface area (TPSA) is 174 Å². The maximum atomic E-state index is 12.5. The van der Waals surface area contributed by atoms with Crippen molar-refractivity contribution in [2.75, 3.05) is 11.4 Å². The van der Waals surface area contributed by atoms with Crippen LogP contribution in [-0.4, -0.2) is 65.1 Å². The van der Waals surface area contributed by atoms with Crippen molar-refractivity contribution in [3.05, 3.63) is 29.8 Å². The number of hydrazone groups is 1. The van der Waals surface area contributed by atoms with E-state index in [1.165, 1.54) is 6.21 Å². The Morgan fingerprint density at radius 2 is 1.84 bits per heavy atom. The van der Waals surface area contributed by atoms with Gasteiger partial charge in [-0.1, -0.05) is 12.1 Å². The summed E-state index contributed by atoms with van der Waals surface area (Å²) in [5.74, 6) is 1.13. The second-order valence-electron chi connectivity index (χ2n) is 6.62. The van der Waals surface area contributed by atoms with E-state index in [0.717, 1.165) is 11.3 Å². The molecule has 11 nitrogen and oxygen atoms in total. The molecule has 1 fully saturated rings. The van der Waals surface area contributed by atoms with E-state index in [-0.39, 0.29) is 12.3 Å². The van der Waals surface area contributed by atoms with Crippen LogP contribution in [0.1, 0.15) is 25.3 Å². The number of nitrogens with one attached hydrogen (secondary N) is 2. The second kappa shape index (κ2) is 11.5. The first-order chi connectivity index (χ1) is 14.8.